The molecule has 3 aromatic rings. The molecule has 0 aromatic carbocycles. The Kier molecular flexibility index (Phi) is 3.48. The summed E-state index contributed by atoms with van der Waals surface area (Å²) in [5.41, 5.74) is 3.03. The second kappa shape index (κ2) is 5.86. The Hall–Kier alpha value is -2.83. The van der Waals surface area contributed by atoms with E-state index in [-0.39, 0.29) is 5.41 Å². The highest BCUT2D eigenvalue weighted by atomic mass is 16.5. The molecule has 2 atom stereocenters. The number of aromatic nitrogens is 5. The molecular formula is C19H20N6O. The number of nitrogens with zero attached hydrogens (tertiary/aromatic N) is 6. The molecule has 1 aliphatic heterocycles. The van der Waals surface area contributed by atoms with Gasteiger partial charge in [-0.15, -0.1) is 0 Å². The van der Waals surface area contributed by atoms with Crippen LogP contribution in [0.25, 0.3) is 11.5 Å². The number of hydrogen-bond donors (Lipinski definition) is 0. The highest BCUT2D eigenvalue weighted by molar-refractivity contribution is 5.54. The van der Waals surface area contributed by atoms with Crippen molar-refractivity contribution in [1.29, 1.82) is 0 Å². The van der Waals surface area contributed by atoms with Gasteiger partial charge in [0.1, 0.15) is 5.69 Å². The molecule has 7 heteroatoms. The Morgan fingerprint density at radius 2 is 2.12 bits per heavy atom. The third-order valence-corrected chi connectivity index (χ3v) is 5.85. The standard InChI is InChI=1S/C19H20N6O/c1-13-9-20-6-4-16(13)25-11-14-3-2-5-19(14,12-25)18-23-17(24-26-18)15-10-21-7-8-22-15/h4,6-10,14H,2-3,5,11-12H2,1H3/t14-,19-/m1/s1. The molecule has 7 nitrogen and oxygen atoms in total. The van der Waals surface area contributed by atoms with E-state index in [4.69, 9.17) is 9.51 Å². The molecule has 0 spiro atoms. The Bertz CT molecular complexity index is 927. The van der Waals surface area contributed by atoms with Crippen molar-refractivity contribution in [3.63, 3.8) is 0 Å². The Morgan fingerprint density at radius 3 is 2.96 bits per heavy atom. The zero-order valence-corrected chi connectivity index (χ0v) is 14.7. The van der Waals surface area contributed by atoms with Crippen LogP contribution in [0.4, 0.5) is 5.69 Å². The molecule has 1 saturated heterocycles. The van der Waals surface area contributed by atoms with Crippen molar-refractivity contribution in [2.45, 2.75) is 31.6 Å². The Balaban J connectivity index is 1.50. The van der Waals surface area contributed by atoms with Gasteiger partial charge in [0, 0.05) is 43.6 Å². The van der Waals surface area contributed by atoms with E-state index in [2.05, 4.69) is 38.0 Å². The second-order valence-electron chi connectivity index (χ2n) is 7.30. The van der Waals surface area contributed by atoms with E-state index in [0.29, 0.717) is 17.4 Å². The van der Waals surface area contributed by atoms with Gasteiger partial charge < -0.3 is 9.42 Å². The van der Waals surface area contributed by atoms with Crippen LogP contribution in [0.15, 0.2) is 41.6 Å². The van der Waals surface area contributed by atoms with Crippen LogP contribution >= 0.6 is 0 Å². The molecule has 5 rings (SSSR count). The summed E-state index contributed by atoms with van der Waals surface area (Å²) >= 11 is 0. The fourth-order valence-corrected chi connectivity index (χ4v) is 4.59. The highest BCUT2D eigenvalue weighted by Crippen LogP contribution is 2.51. The first kappa shape index (κ1) is 15.4. The largest absolute Gasteiger partial charge is 0.370 e. The molecule has 132 valence electrons. The van der Waals surface area contributed by atoms with E-state index in [0.717, 1.165) is 25.4 Å². The first-order valence-corrected chi connectivity index (χ1v) is 9.02. The van der Waals surface area contributed by atoms with Gasteiger partial charge in [0.15, 0.2) is 0 Å². The number of aryl methyl sites for hydroxylation is 1. The zero-order valence-electron chi connectivity index (χ0n) is 14.7. The van der Waals surface area contributed by atoms with Crippen LogP contribution < -0.4 is 4.90 Å². The molecule has 1 aliphatic carbocycles. The van der Waals surface area contributed by atoms with Gasteiger partial charge in [-0.2, -0.15) is 4.98 Å². The number of rotatable bonds is 3. The highest BCUT2D eigenvalue weighted by Gasteiger charge is 2.54. The first-order valence-electron chi connectivity index (χ1n) is 9.02. The summed E-state index contributed by atoms with van der Waals surface area (Å²) in [6.07, 6.45) is 12.2. The van der Waals surface area contributed by atoms with Gasteiger partial charge in [0.25, 0.3) is 0 Å². The third kappa shape index (κ3) is 2.30. The van der Waals surface area contributed by atoms with Crippen molar-refractivity contribution in [3.05, 3.63) is 48.5 Å². The fraction of sp³-hybridized carbons (Fsp3) is 0.421. The maximum absolute atomic E-state index is 5.75. The van der Waals surface area contributed by atoms with E-state index in [9.17, 15) is 0 Å². The number of fused-ring (bicyclic) bond motifs is 1. The maximum Gasteiger partial charge on any atom is 0.235 e. The molecule has 0 N–H and O–H groups in total. The van der Waals surface area contributed by atoms with Gasteiger partial charge in [-0.3, -0.25) is 9.97 Å². The van der Waals surface area contributed by atoms with Crippen molar-refractivity contribution in [2.24, 2.45) is 5.92 Å². The summed E-state index contributed by atoms with van der Waals surface area (Å²) in [7, 11) is 0. The Morgan fingerprint density at radius 1 is 1.19 bits per heavy atom. The molecule has 0 unspecified atom stereocenters. The summed E-state index contributed by atoms with van der Waals surface area (Å²) in [5, 5.41) is 4.18. The lowest BCUT2D eigenvalue weighted by molar-refractivity contribution is 0.266. The summed E-state index contributed by atoms with van der Waals surface area (Å²) in [6, 6.07) is 2.10. The van der Waals surface area contributed by atoms with Gasteiger partial charge >= 0.3 is 0 Å². The Labute approximate surface area is 151 Å². The molecule has 0 amide bonds. The fourth-order valence-electron chi connectivity index (χ4n) is 4.59. The van der Waals surface area contributed by atoms with Gasteiger partial charge in [0.2, 0.25) is 11.7 Å². The van der Waals surface area contributed by atoms with Crippen molar-refractivity contribution < 1.29 is 4.52 Å². The van der Waals surface area contributed by atoms with E-state index in [1.165, 1.54) is 24.1 Å². The number of pyridine rings is 1. The minimum absolute atomic E-state index is 0.0663. The van der Waals surface area contributed by atoms with Gasteiger partial charge in [-0.1, -0.05) is 11.6 Å². The molecule has 3 aromatic heterocycles. The summed E-state index contributed by atoms with van der Waals surface area (Å²) < 4.78 is 5.75. The van der Waals surface area contributed by atoms with Gasteiger partial charge in [-0.05, 0) is 37.3 Å². The normalized spacial score (nSPS) is 24.8. The van der Waals surface area contributed by atoms with Crippen LogP contribution in [0, 0.1) is 12.8 Å². The van der Waals surface area contributed by atoms with Crippen LogP contribution in [-0.4, -0.2) is 38.2 Å². The van der Waals surface area contributed by atoms with Crippen LogP contribution in [-0.2, 0) is 5.41 Å². The van der Waals surface area contributed by atoms with E-state index >= 15 is 0 Å². The molecule has 4 heterocycles. The molecule has 1 saturated carbocycles. The van der Waals surface area contributed by atoms with Crippen LogP contribution in [0.2, 0.25) is 0 Å². The van der Waals surface area contributed by atoms with E-state index < -0.39 is 0 Å². The predicted molar refractivity (Wildman–Crippen MR) is 95.5 cm³/mol. The average Bonchev–Trinajstić information content (AvgIpc) is 3.37. The van der Waals surface area contributed by atoms with E-state index in [1.807, 2.05) is 12.4 Å². The number of anilines is 1. The minimum Gasteiger partial charge on any atom is -0.370 e. The first-order chi connectivity index (χ1) is 12.8. The molecule has 0 bridgehead atoms. The van der Waals surface area contributed by atoms with Gasteiger partial charge in [0.05, 0.1) is 11.6 Å². The quantitative estimate of drug-likeness (QED) is 0.720. The smallest absolute Gasteiger partial charge is 0.235 e. The summed E-state index contributed by atoms with van der Waals surface area (Å²) in [6.45, 7) is 4.04. The number of hydrogen-bond acceptors (Lipinski definition) is 7. The van der Waals surface area contributed by atoms with Crippen molar-refractivity contribution in [2.75, 3.05) is 18.0 Å². The SMILES string of the molecule is Cc1cnccc1N1C[C@H]2CCC[C@@]2(c2nc(-c3cnccn3)no2)C1. The lowest BCUT2D eigenvalue weighted by Crippen LogP contribution is -2.32. The van der Waals surface area contributed by atoms with Crippen molar-refractivity contribution >= 4 is 5.69 Å². The predicted octanol–water partition coefficient (Wildman–Crippen LogP) is 2.79. The van der Waals surface area contributed by atoms with Crippen molar-refractivity contribution in [1.82, 2.24) is 25.1 Å². The van der Waals surface area contributed by atoms with Crippen LogP contribution in [0.1, 0.15) is 30.7 Å². The van der Waals surface area contributed by atoms with Crippen LogP contribution in [0.5, 0.6) is 0 Å². The monoisotopic (exact) mass is 348 g/mol. The van der Waals surface area contributed by atoms with Crippen molar-refractivity contribution in [3.8, 4) is 11.5 Å². The van der Waals surface area contributed by atoms with Gasteiger partial charge in [-0.25, -0.2) is 4.98 Å². The minimum atomic E-state index is -0.0663. The maximum atomic E-state index is 5.75. The summed E-state index contributed by atoms with van der Waals surface area (Å²) in [5.74, 6) is 1.80. The molecular weight excluding hydrogens is 328 g/mol. The zero-order chi connectivity index (χ0) is 17.6. The third-order valence-electron chi connectivity index (χ3n) is 5.85. The molecule has 0 radical (unpaired) electrons. The topological polar surface area (TPSA) is 80.8 Å². The summed E-state index contributed by atoms with van der Waals surface area (Å²) in [4.78, 5) is 19.8. The molecule has 2 aliphatic rings. The van der Waals surface area contributed by atoms with E-state index in [1.54, 1.807) is 18.6 Å². The second-order valence-corrected chi connectivity index (χ2v) is 7.30. The lowest BCUT2D eigenvalue weighted by Gasteiger charge is -2.25. The molecule has 26 heavy (non-hydrogen) atoms. The lowest BCUT2D eigenvalue weighted by atomic mass is 9.80. The average molecular weight is 348 g/mol. The van der Waals surface area contributed by atoms with Crippen LogP contribution in [0.3, 0.4) is 0 Å². The molecule has 2 fully saturated rings.